The molecule has 1 heterocycles. The van der Waals surface area contributed by atoms with E-state index in [1.807, 2.05) is 49.4 Å². The highest BCUT2D eigenvalue weighted by molar-refractivity contribution is 6.08. The monoisotopic (exact) mass is 370 g/mol. The van der Waals surface area contributed by atoms with Crippen LogP contribution in [-0.2, 0) is 6.61 Å². The largest absolute Gasteiger partial charge is 0.489 e. The number of carbonyl (C=O) groups excluding carboxylic acids is 1. The van der Waals surface area contributed by atoms with Gasteiger partial charge >= 0.3 is 5.63 Å². The molecule has 4 rings (SSSR count). The van der Waals surface area contributed by atoms with Crippen LogP contribution in [0.3, 0.4) is 0 Å². The van der Waals surface area contributed by atoms with Crippen LogP contribution in [-0.4, -0.2) is 5.78 Å². The smallest absolute Gasteiger partial charge is 0.336 e. The van der Waals surface area contributed by atoms with Crippen LogP contribution in [0.25, 0.3) is 11.0 Å². The van der Waals surface area contributed by atoms with Gasteiger partial charge < -0.3 is 9.15 Å². The summed E-state index contributed by atoms with van der Waals surface area (Å²) in [5.74, 6) is 0.610. The van der Waals surface area contributed by atoms with Crippen molar-refractivity contribution >= 4 is 16.8 Å². The van der Waals surface area contributed by atoms with E-state index >= 15 is 0 Å². The van der Waals surface area contributed by atoms with Crippen LogP contribution < -0.4 is 10.4 Å². The molecule has 0 bridgehead atoms. The first-order valence-electron chi connectivity index (χ1n) is 8.96. The number of benzene rings is 3. The molecule has 4 heteroatoms. The lowest BCUT2D eigenvalue weighted by Gasteiger charge is -2.08. The zero-order chi connectivity index (χ0) is 19.5. The van der Waals surface area contributed by atoms with Crippen molar-refractivity contribution in [1.82, 2.24) is 0 Å². The average molecular weight is 370 g/mol. The lowest BCUT2D eigenvalue weighted by atomic mass is 10.0. The van der Waals surface area contributed by atoms with Crippen LogP contribution in [0.4, 0.5) is 0 Å². The average Bonchev–Trinajstić information content (AvgIpc) is 2.72. The van der Waals surface area contributed by atoms with Crippen LogP contribution in [0.15, 0.2) is 88.1 Å². The van der Waals surface area contributed by atoms with Crippen LogP contribution >= 0.6 is 0 Å². The highest BCUT2D eigenvalue weighted by Crippen LogP contribution is 2.23. The summed E-state index contributed by atoms with van der Waals surface area (Å²) < 4.78 is 11.1. The molecule has 4 aromatic rings. The molecule has 0 aliphatic rings. The second kappa shape index (κ2) is 7.53. The van der Waals surface area contributed by atoms with E-state index in [1.165, 1.54) is 6.07 Å². The number of hydrogen-bond donors (Lipinski definition) is 0. The van der Waals surface area contributed by atoms with E-state index in [9.17, 15) is 9.59 Å². The second-order valence-corrected chi connectivity index (χ2v) is 6.59. The number of ether oxygens (including phenoxy) is 1. The summed E-state index contributed by atoms with van der Waals surface area (Å²) in [6, 6.07) is 23.5. The highest BCUT2D eigenvalue weighted by atomic mass is 16.5. The number of rotatable bonds is 5. The molecule has 0 N–H and O–H groups in total. The Balaban J connectivity index is 1.47. The van der Waals surface area contributed by atoms with Gasteiger partial charge in [0.25, 0.3) is 0 Å². The minimum absolute atomic E-state index is 0.00649. The summed E-state index contributed by atoms with van der Waals surface area (Å²) in [6.45, 7) is 2.22. The molecule has 3 aromatic carbocycles. The van der Waals surface area contributed by atoms with E-state index < -0.39 is 0 Å². The number of carbonyl (C=O) groups is 1. The van der Waals surface area contributed by atoms with Crippen molar-refractivity contribution in [2.24, 2.45) is 0 Å². The molecule has 0 saturated carbocycles. The lowest BCUT2D eigenvalue weighted by Crippen LogP contribution is -2.02. The topological polar surface area (TPSA) is 56.5 Å². The molecule has 138 valence electrons. The van der Waals surface area contributed by atoms with Crippen molar-refractivity contribution in [2.75, 3.05) is 0 Å². The number of fused-ring (bicyclic) bond motifs is 1. The summed E-state index contributed by atoms with van der Waals surface area (Å²) in [5.41, 5.74) is 3.25. The molecular formula is C24H18O4. The fourth-order valence-electron chi connectivity index (χ4n) is 3.07. The van der Waals surface area contributed by atoms with Gasteiger partial charge in [0.1, 0.15) is 17.9 Å². The maximum absolute atomic E-state index is 12.4. The molecule has 0 amide bonds. The van der Waals surface area contributed by atoms with E-state index in [1.54, 1.807) is 30.3 Å². The summed E-state index contributed by atoms with van der Waals surface area (Å²) in [5, 5.41) is 0.885. The van der Waals surface area contributed by atoms with E-state index in [0.29, 0.717) is 29.1 Å². The first kappa shape index (κ1) is 17.7. The van der Waals surface area contributed by atoms with E-state index in [-0.39, 0.29) is 11.4 Å². The Morgan fingerprint density at radius 2 is 1.61 bits per heavy atom. The molecule has 0 fully saturated rings. The Morgan fingerprint density at radius 1 is 0.893 bits per heavy atom. The van der Waals surface area contributed by atoms with Gasteiger partial charge in [-0.1, -0.05) is 54.6 Å². The number of aryl methyl sites for hydroxylation is 1. The number of ketones is 1. The first-order valence-corrected chi connectivity index (χ1v) is 8.96. The van der Waals surface area contributed by atoms with Crippen LogP contribution in [0, 0.1) is 6.92 Å². The fourth-order valence-corrected chi connectivity index (χ4v) is 3.07. The SMILES string of the molecule is Cc1cc(=O)oc2cc(OCc3ccc(C(=O)c4ccccc4)cc3)ccc12. The van der Waals surface area contributed by atoms with E-state index in [0.717, 1.165) is 16.5 Å². The third-order valence-electron chi connectivity index (χ3n) is 4.58. The van der Waals surface area contributed by atoms with Gasteiger partial charge in [-0.2, -0.15) is 0 Å². The van der Waals surface area contributed by atoms with Crippen LogP contribution in [0.1, 0.15) is 27.0 Å². The Bertz CT molecular complexity index is 1190. The Kier molecular flexibility index (Phi) is 4.77. The molecule has 0 saturated heterocycles. The van der Waals surface area contributed by atoms with Crippen molar-refractivity contribution in [3.8, 4) is 5.75 Å². The van der Waals surface area contributed by atoms with Crippen molar-refractivity contribution in [3.63, 3.8) is 0 Å². The third-order valence-corrected chi connectivity index (χ3v) is 4.58. The quantitative estimate of drug-likeness (QED) is 0.370. The maximum Gasteiger partial charge on any atom is 0.336 e. The molecule has 0 aliphatic carbocycles. The van der Waals surface area contributed by atoms with E-state index in [2.05, 4.69) is 0 Å². The van der Waals surface area contributed by atoms with Gasteiger partial charge in [-0.3, -0.25) is 4.79 Å². The summed E-state index contributed by atoms with van der Waals surface area (Å²) in [7, 11) is 0. The molecule has 4 nitrogen and oxygen atoms in total. The zero-order valence-electron chi connectivity index (χ0n) is 15.3. The van der Waals surface area contributed by atoms with Crippen LogP contribution in [0.2, 0.25) is 0 Å². The van der Waals surface area contributed by atoms with Gasteiger partial charge in [-0.25, -0.2) is 4.79 Å². The Hall–Kier alpha value is -3.66. The molecule has 0 spiro atoms. The number of hydrogen-bond acceptors (Lipinski definition) is 4. The van der Waals surface area contributed by atoms with Crippen molar-refractivity contribution < 1.29 is 13.9 Å². The van der Waals surface area contributed by atoms with Gasteiger partial charge in [-0.05, 0) is 30.2 Å². The molecule has 0 unspecified atom stereocenters. The Labute approximate surface area is 162 Å². The standard InChI is InChI=1S/C24H18O4/c1-16-13-23(25)28-22-14-20(11-12-21(16)22)27-15-17-7-9-19(10-8-17)24(26)18-5-3-2-4-6-18/h2-14H,15H2,1H3. The molecule has 1 aromatic heterocycles. The van der Waals surface area contributed by atoms with Crippen molar-refractivity contribution in [1.29, 1.82) is 0 Å². The predicted octanol–water partition coefficient (Wildman–Crippen LogP) is 4.91. The van der Waals surface area contributed by atoms with Crippen molar-refractivity contribution in [3.05, 3.63) is 112 Å². The summed E-state index contributed by atoms with van der Waals surface area (Å²) >= 11 is 0. The molecule has 0 radical (unpaired) electrons. The lowest BCUT2D eigenvalue weighted by molar-refractivity contribution is 0.103. The van der Waals surface area contributed by atoms with Gasteiger partial charge in [0, 0.05) is 28.6 Å². The predicted molar refractivity (Wildman–Crippen MR) is 108 cm³/mol. The third kappa shape index (κ3) is 3.71. The minimum Gasteiger partial charge on any atom is -0.489 e. The maximum atomic E-state index is 12.4. The molecular weight excluding hydrogens is 352 g/mol. The minimum atomic E-state index is -0.374. The summed E-state index contributed by atoms with van der Waals surface area (Å²) in [4.78, 5) is 24.0. The molecule has 0 atom stereocenters. The normalized spacial score (nSPS) is 10.8. The summed E-state index contributed by atoms with van der Waals surface area (Å²) in [6.07, 6.45) is 0. The van der Waals surface area contributed by atoms with Gasteiger partial charge in [0.2, 0.25) is 0 Å². The van der Waals surface area contributed by atoms with Gasteiger partial charge in [-0.15, -0.1) is 0 Å². The highest BCUT2D eigenvalue weighted by Gasteiger charge is 2.09. The fraction of sp³-hybridized carbons (Fsp3) is 0.0833. The molecule has 28 heavy (non-hydrogen) atoms. The van der Waals surface area contributed by atoms with Gasteiger partial charge in [0.15, 0.2) is 5.78 Å². The first-order chi connectivity index (χ1) is 13.6. The Morgan fingerprint density at radius 3 is 2.36 bits per heavy atom. The zero-order valence-corrected chi connectivity index (χ0v) is 15.3. The van der Waals surface area contributed by atoms with Gasteiger partial charge in [0.05, 0.1) is 0 Å². The van der Waals surface area contributed by atoms with Crippen LogP contribution in [0.5, 0.6) is 5.75 Å². The second-order valence-electron chi connectivity index (χ2n) is 6.59. The molecule has 0 aliphatic heterocycles. The van der Waals surface area contributed by atoms with Crippen molar-refractivity contribution in [2.45, 2.75) is 13.5 Å². The van der Waals surface area contributed by atoms with E-state index in [4.69, 9.17) is 9.15 Å².